The predicted molar refractivity (Wildman–Crippen MR) is 70.1 cm³/mol. The third-order valence-electron chi connectivity index (χ3n) is 3.08. The van der Waals surface area contributed by atoms with Crippen molar-refractivity contribution in [2.24, 2.45) is 5.92 Å². The summed E-state index contributed by atoms with van der Waals surface area (Å²) < 4.78 is 0. The molecule has 2 N–H and O–H groups in total. The largest absolute Gasteiger partial charge is 0.326 e. The molecule has 0 radical (unpaired) electrons. The molecular weight excluding hydrogens is 226 g/mol. The van der Waals surface area contributed by atoms with Crippen LogP contribution in [-0.4, -0.2) is 16.1 Å². The van der Waals surface area contributed by atoms with E-state index in [4.69, 9.17) is 0 Å². The van der Waals surface area contributed by atoms with E-state index in [1.54, 1.807) is 0 Å². The number of H-pyrrole nitrogens is 1. The molecule has 1 aromatic heterocycles. The van der Waals surface area contributed by atoms with Gasteiger partial charge in [0, 0.05) is 22.9 Å². The van der Waals surface area contributed by atoms with Gasteiger partial charge in [-0.1, -0.05) is 12.1 Å². The number of aromatic nitrogens is 2. The summed E-state index contributed by atoms with van der Waals surface area (Å²) in [5.41, 5.74) is 3.77. The molecule has 2 aromatic rings. The molecule has 0 unspecified atom stereocenters. The zero-order chi connectivity index (χ0) is 12.5. The number of nitrogens with one attached hydrogen (secondary N) is 2. The summed E-state index contributed by atoms with van der Waals surface area (Å²) in [4.78, 5) is 11.7. The molecule has 1 aliphatic carbocycles. The van der Waals surface area contributed by atoms with Crippen LogP contribution in [0, 0.1) is 12.8 Å². The van der Waals surface area contributed by atoms with Gasteiger partial charge < -0.3 is 5.32 Å². The molecular formula is C14H15N3O. The Balaban J connectivity index is 1.82. The van der Waals surface area contributed by atoms with Gasteiger partial charge in [-0.25, -0.2) is 0 Å². The molecule has 1 aliphatic rings. The summed E-state index contributed by atoms with van der Waals surface area (Å²) >= 11 is 0. The fraction of sp³-hybridized carbons (Fsp3) is 0.286. The molecule has 18 heavy (non-hydrogen) atoms. The highest BCUT2D eigenvalue weighted by molar-refractivity contribution is 5.94. The van der Waals surface area contributed by atoms with Gasteiger partial charge in [-0.05, 0) is 38.0 Å². The van der Waals surface area contributed by atoms with Crippen LogP contribution in [0.1, 0.15) is 18.5 Å². The molecule has 1 saturated carbocycles. The summed E-state index contributed by atoms with van der Waals surface area (Å²) in [6, 6.07) is 9.77. The van der Waals surface area contributed by atoms with E-state index in [1.165, 1.54) is 0 Å². The lowest BCUT2D eigenvalue weighted by molar-refractivity contribution is -0.117. The van der Waals surface area contributed by atoms with Crippen molar-refractivity contribution in [3.05, 3.63) is 36.0 Å². The lowest BCUT2D eigenvalue weighted by Crippen LogP contribution is -2.13. The summed E-state index contributed by atoms with van der Waals surface area (Å²) in [6.07, 6.45) is 2.04. The molecule has 1 fully saturated rings. The van der Waals surface area contributed by atoms with Crippen molar-refractivity contribution in [1.82, 2.24) is 10.2 Å². The van der Waals surface area contributed by atoms with Crippen molar-refractivity contribution >= 4 is 11.6 Å². The van der Waals surface area contributed by atoms with Crippen LogP contribution in [0.2, 0.25) is 0 Å². The first-order chi connectivity index (χ1) is 8.72. The number of carbonyl (C=O) groups excluding carboxylic acids is 1. The average molecular weight is 241 g/mol. The molecule has 3 rings (SSSR count). The van der Waals surface area contributed by atoms with E-state index in [0.29, 0.717) is 0 Å². The standard InChI is InChI=1S/C14H15N3O/c1-9-7-13(17-16-9)11-3-2-4-12(8-11)15-14(18)10-5-6-10/h2-4,7-8,10H,5-6H2,1H3,(H,15,18)(H,16,17). The predicted octanol–water partition coefficient (Wildman–Crippen LogP) is 2.73. The van der Waals surface area contributed by atoms with Gasteiger partial charge >= 0.3 is 0 Å². The Hall–Kier alpha value is -2.10. The number of aromatic amines is 1. The minimum Gasteiger partial charge on any atom is -0.326 e. The summed E-state index contributed by atoms with van der Waals surface area (Å²) in [5.74, 6) is 0.353. The minimum absolute atomic E-state index is 0.130. The number of benzene rings is 1. The molecule has 1 amide bonds. The number of nitrogens with zero attached hydrogens (tertiary/aromatic N) is 1. The van der Waals surface area contributed by atoms with E-state index in [-0.39, 0.29) is 11.8 Å². The van der Waals surface area contributed by atoms with Crippen LogP contribution in [0.4, 0.5) is 5.69 Å². The molecule has 92 valence electrons. The van der Waals surface area contributed by atoms with E-state index in [0.717, 1.165) is 35.5 Å². The average Bonchev–Trinajstić information content (AvgIpc) is 3.12. The highest BCUT2D eigenvalue weighted by Crippen LogP contribution is 2.30. The highest BCUT2D eigenvalue weighted by Gasteiger charge is 2.29. The normalized spacial score (nSPS) is 14.5. The summed E-state index contributed by atoms with van der Waals surface area (Å²) in [6.45, 7) is 1.97. The van der Waals surface area contributed by atoms with E-state index in [2.05, 4.69) is 15.5 Å². The van der Waals surface area contributed by atoms with E-state index < -0.39 is 0 Å². The van der Waals surface area contributed by atoms with Crippen molar-refractivity contribution < 1.29 is 4.79 Å². The molecule has 1 aromatic carbocycles. The Morgan fingerprint density at radius 2 is 2.22 bits per heavy atom. The van der Waals surface area contributed by atoms with Crippen LogP contribution in [0.15, 0.2) is 30.3 Å². The molecule has 1 heterocycles. The SMILES string of the molecule is Cc1cc(-c2cccc(NC(=O)C3CC3)c2)n[nH]1. The number of rotatable bonds is 3. The van der Waals surface area contributed by atoms with Crippen molar-refractivity contribution in [1.29, 1.82) is 0 Å². The summed E-state index contributed by atoms with van der Waals surface area (Å²) in [7, 11) is 0. The monoisotopic (exact) mass is 241 g/mol. The van der Waals surface area contributed by atoms with Gasteiger partial charge in [0.05, 0.1) is 5.69 Å². The zero-order valence-electron chi connectivity index (χ0n) is 10.2. The molecule has 0 spiro atoms. The van der Waals surface area contributed by atoms with Crippen LogP contribution in [0.5, 0.6) is 0 Å². The topological polar surface area (TPSA) is 57.8 Å². The number of aryl methyl sites for hydroxylation is 1. The second-order valence-corrected chi connectivity index (χ2v) is 4.78. The number of hydrogen-bond acceptors (Lipinski definition) is 2. The molecule has 4 nitrogen and oxygen atoms in total. The highest BCUT2D eigenvalue weighted by atomic mass is 16.2. The third kappa shape index (κ3) is 2.27. The third-order valence-corrected chi connectivity index (χ3v) is 3.08. The van der Waals surface area contributed by atoms with Crippen LogP contribution in [0.3, 0.4) is 0 Å². The molecule has 0 atom stereocenters. The van der Waals surface area contributed by atoms with Crippen molar-refractivity contribution in [2.45, 2.75) is 19.8 Å². The maximum atomic E-state index is 11.7. The van der Waals surface area contributed by atoms with Gasteiger partial charge in [-0.15, -0.1) is 0 Å². The summed E-state index contributed by atoms with van der Waals surface area (Å²) in [5, 5.41) is 10.1. The fourth-order valence-corrected chi connectivity index (χ4v) is 1.91. The van der Waals surface area contributed by atoms with Gasteiger partial charge in [-0.2, -0.15) is 5.10 Å². The lowest BCUT2D eigenvalue weighted by Gasteiger charge is -2.05. The maximum Gasteiger partial charge on any atom is 0.227 e. The smallest absolute Gasteiger partial charge is 0.227 e. The number of amides is 1. The van der Waals surface area contributed by atoms with E-state index in [1.807, 2.05) is 37.3 Å². The Morgan fingerprint density at radius 1 is 1.39 bits per heavy atom. The fourth-order valence-electron chi connectivity index (χ4n) is 1.91. The molecule has 4 heteroatoms. The van der Waals surface area contributed by atoms with Crippen molar-refractivity contribution in [2.75, 3.05) is 5.32 Å². The van der Waals surface area contributed by atoms with Crippen LogP contribution < -0.4 is 5.32 Å². The first-order valence-corrected chi connectivity index (χ1v) is 6.16. The Labute approximate surface area is 105 Å². The van der Waals surface area contributed by atoms with Crippen LogP contribution >= 0.6 is 0 Å². The number of carbonyl (C=O) groups is 1. The Kier molecular flexibility index (Phi) is 2.63. The number of hydrogen-bond donors (Lipinski definition) is 2. The van der Waals surface area contributed by atoms with Gasteiger partial charge in [-0.3, -0.25) is 9.89 Å². The minimum atomic E-state index is 0.130. The van der Waals surface area contributed by atoms with Crippen LogP contribution in [0.25, 0.3) is 11.3 Å². The molecule has 0 aliphatic heterocycles. The van der Waals surface area contributed by atoms with Gasteiger partial charge in [0.2, 0.25) is 5.91 Å². The second-order valence-electron chi connectivity index (χ2n) is 4.78. The van der Waals surface area contributed by atoms with Crippen LogP contribution in [-0.2, 0) is 4.79 Å². The van der Waals surface area contributed by atoms with Gasteiger partial charge in [0.15, 0.2) is 0 Å². The van der Waals surface area contributed by atoms with E-state index >= 15 is 0 Å². The molecule has 0 bridgehead atoms. The second kappa shape index (κ2) is 4.29. The number of anilines is 1. The zero-order valence-corrected chi connectivity index (χ0v) is 10.2. The van der Waals surface area contributed by atoms with Crippen molar-refractivity contribution in [3.8, 4) is 11.3 Å². The quantitative estimate of drug-likeness (QED) is 0.868. The van der Waals surface area contributed by atoms with Crippen molar-refractivity contribution in [3.63, 3.8) is 0 Å². The van der Waals surface area contributed by atoms with Gasteiger partial charge in [0.1, 0.15) is 0 Å². The first-order valence-electron chi connectivity index (χ1n) is 6.16. The van der Waals surface area contributed by atoms with Gasteiger partial charge in [0.25, 0.3) is 0 Å². The van der Waals surface area contributed by atoms with E-state index in [9.17, 15) is 4.79 Å². The Morgan fingerprint density at radius 3 is 2.89 bits per heavy atom. The Bertz CT molecular complexity index is 584. The maximum absolute atomic E-state index is 11.7. The molecule has 0 saturated heterocycles. The lowest BCUT2D eigenvalue weighted by atomic mass is 10.1. The first kappa shape index (κ1) is 11.0.